The zero-order valence-electron chi connectivity index (χ0n) is 22.2. The molecule has 4 rings (SSSR count). The molecule has 2 fully saturated rings. The van der Waals surface area contributed by atoms with Gasteiger partial charge in [0, 0.05) is 0 Å². The number of aromatic hydroxyl groups is 1. The van der Waals surface area contributed by atoms with Gasteiger partial charge in [-0.3, -0.25) is 9.59 Å². The fourth-order valence-electron chi connectivity index (χ4n) is 5.24. The van der Waals surface area contributed by atoms with E-state index in [1.54, 1.807) is 0 Å². The summed E-state index contributed by atoms with van der Waals surface area (Å²) in [5, 5.41) is 125. The Hall–Kier alpha value is -3.26. The molecular formula is C27H32O16. The van der Waals surface area contributed by atoms with Crippen molar-refractivity contribution in [2.24, 2.45) is 0 Å². The summed E-state index contributed by atoms with van der Waals surface area (Å²) in [6.07, 6.45) is -18.7. The van der Waals surface area contributed by atoms with Gasteiger partial charge in [-0.1, -0.05) is 18.2 Å². The van der Waals surface area contributed by atoms with Gasteiger partial charge in [0.2, 0.25) is 17.2 Å². The second-order valence-electron chi connectivity index (χ2n) is 10.4. The molecule has 236 valence electrons. The van der Waals surface area contributed by atoms with Crippen molar-refractivity contribution < 1.29 is 80.3 Å². The highest BCUT2D eigenvalue weighted by atomic mass is 16.6. The van der Waals surface area contributed by atoms with Gasteiger partial charge in [0.25, 0.3) is 0 Å². The highest BCUT2D eigenvalue weighted by molar-refractivity contribution is 6.28. The average Bonchev–Trinajstić information content (AvgIpc) is 2.98. The Morgan fingerprint density at radius 3 is 1.86 bits per heavy atom. The van der Waals surface area contributed by atoms with E-state index in [4.69, 9.17) is 9.47 Å². The molecule has 0 aromatic heterocycles. The Labute approximate surface area is 242 Å². The molecule has 1 aromatic carbocycles. The van der Waals surface area contributed by atoms with Crippen molar-refractivity contribution in [3.8, 4) is 5.75 Å². The van der Waals surface area contributed by atoms with Crippen LogP contribution >= 0.6 is 0 Å². The van der Waals surface area contributed by atoms with Crippen LogP contribution in [0, 0.1) is 0 Å². The number of Topliss-reactive ketones (excluding diaryl/α,β-unsaturated/α-hetero) is 2. The molecule has 2 aliphatic heterocycles. The highest BCUT2D eigenvalue weighted by Gasteiger charge is 2.65. The first-order valence-electron chi connectivity index (χ1n) is 13.0. The number of aliphatic hydroxyl groups excluding tert-OH is 10. The third-order valence-corrected chi connectivity index (χ3v) is 7.72. The van der Waals surface area contributed by atoms with Crippen LogP contribution in [0.25, 0.3) is 6.08 Å². The lowest BCUT2D eigenvalue weighted by Crippen LogP contribution is -2.72. The molecule has 0 unspecified atom stereocenters. The van der Waals surface area contributed by atoms with E-state index < -0.39 is 114 Å². The SMILES string of the molecule is O=C1C(=C(O)/C=C/c2ccc(O)cc2)C(O)=C([C@H]2O[C@@H](CO)[C@H](O)[C@@H](O)[C@@H]2O)C(=O)[C@@]1(O)[C@H]1O[C@@H](CO)[C@H](O)[C@@H](O)[C@@H]1O. The van der Waals surface area contributed by atoms with Crippen molar-refractivity contribution in [3.63, 3.8) is 0 Å². The van der Waals surface area contributed by atoms with Crippen LogP contribution in [-0.2, 0) is 19.1 Å². The third-order valence-electron chi connectivity index (χ3n) is 7.72. The van der Waals surface area contributed by atoms with E-state index in [2.05, 4.69) is 0 Å². The Morgan fingerprint density at radius 2 is 1.30 bits per heavy atom. The van der Waals surface area contributed by atoms with Gasteiger partial charge in [-0.15, -0.1) is 0 Å². The lowest BCUT2D eigenvalue weighted by molar-refractivity contribution is -0.261. The van der Waals surface area contributed by atoms with Crippen molar-refractivity contribution in [1.29, 1.82) is 0 Å². The van der Waals surface area contributed by atoms with E-state index in [1.165, 1.54) is 30.3 Å². The number of carbonyl (C=O) groups excluding carboxylic acids is 2. The summed E-state index contributed by atoms with van der Waals surface area (Å²) in [6, 6.07) is 5.38. The average molecular weight is 613 g/mol. The minimum Gasteiger partial charge on any atom is -0.508 e. The number of rotatable bonds is 6. The zero-order chi connectivity index (χ0) is 32.0. The number of benzene rings is 1. The normalized spacial score (nSPS) is 40.3. The molecule has 0 spiro atoms. The van der Waals surface area contributed by atoms with Gasteiger partial charge in [-0.25, -0.2) is 0 Å². The molecule has 0 radical (unpaired) electrons. The second kappa shape index (κ2) is 12.4. The number of phenols is 1. The molecule has 0 amide bonds. The summed E-state index contributed by atoms with van der Waals surface area (Å²) < 4.78 is 10.6. The maximum atomic E-state index is 13.9. The maximum absolute atomic E-state index is 13.9. The van der Waals surface area contributed by atoms with Crippen LogP contribution in [0.5, 0.6) is 5.75 Å². The number of hydrogen-bond donors (Lipinski definition) is 12. The number of aliphatic hydroxyl groups is 11. The fraction of sp³-hybridized carbons (Fsp3) is 0.481. The van der Waals surface area contributed by atoms with Crippen LogP contribution in [0.4, 0.5) is 0 Å². The topological polar surface area (TPSA) is 295 Å². The standard InChI is InChI=1S/C27H32O16/c28-7-12-16(32)19(35)21(37)23(42-12)15-18(34)14(11(31)6-3-9-1-4-10(30)5-2-9)24(39)27(41,25(15)40)26-22(38)20(36)17(33)13(8-29)43-26/h1-6,12-13,16-17,19-23,26,28-38,41H,7-8H2/b6-3+,14-11?/t12-,13-,16-,17-,19+,20+,21-,22-,23+,26-,27+/m0/s1. The summed E-state index contributed by atoms with van der Waals surface area (Å²) in [7, 11) is 0. The predicted octanol–water partition coefficient (Wildman–Crippen LogP) is -4.40. The quantitative estimate of drug-likeness (QED) is 0.0820. The van der Waals surface area contributed by atoms with E-state index in [-0.39, 0.29) is 5.75 Å². The Kier molecular flexibility index (Phi) is 9.41. The first-order chi connectivity index (χ1) is 20.2. The fourth-order valence-corrected chi connectivity index (χ4v) is 5.24. The Bertz CT molecular complexity index is 1320. The second-order valence-corrected chi connectivity index (χ2v) is 10.4. The number of allylic oxidation sites excluding steroid dienone is 2. The van der Waals surface area contributed by atoms with Gasteiger partial charge in [0.05, 0.1) is 18.8 Å². The third kappa shape index (κ3) is 5.47. The minimum atomic E-state index is -3.63. The summed E-state index contributed by atoms with van der Waals surface area (Å²) >= 11 is 0. The zero-order valence-corrected chi connectivity index (χ0v) is 22.2. The van der Waals surface area contributed by atoms with Crippen LogP contribution in [0.15, 0.2) is 53.0 Å². The number of hydrogen-bond acceptors (Lipinski definition) is 16. The van der Waals surface area contributed by atoms with Gasteiger partial charge < -0.3 is 70.8 Å². The molecular weight excluding hydrogens is 580 g/mol. The summed E-state index contributed by atoms with van der Waals surface area (Å²) in [5.41, 5.74) is -5.62. The smallest absolute Gasteiger partial charge is 0.219 e. The van der Waals surface area contributed by atoms with Gasteiger partial charge in [-0.05, 0) is 23.8 Å². The van der Waals surface area contributed by atoms with E-state index in [0.29, 0.717) is 5.56 Å². The maximum Gasteiger partial charge on any atom is 0.219 e. The molecule has 3 aliphatic rings. The number of carbonyl (C=O) groups is 2. The van der Waals surface area contributed by atoms with Gasteiger partial charge in [0.15, 0.2) is 0 Å². The van der Waals surface area contributed by atoms with Gasteiger partial charge in [0.1, 0.15) is 83.9 Å². The van der Waals surface area contributed by atoms with E-state index in [1.807, 2.05) is 0 Å². The monoisotopic (exact) mass is 612 g/mol. The van der Waals surface area contributed by atoms with E-state index in [9.17, 15) is 70.9 Å². The summed E-state index contributed by atoms with van der Waals surface area (Å²) in [4.78, 5) is 27.6. The molecule has 2 heterocycles. The van der Waals surface area contributed by atoms with Crippen LogP contribution in [-0.4, -0.2) is 153 Å². The minimum absolute atomic E-state index is 0.0879. The molecule has 2 saturated heterocycles. The van der Waals surface area contributed by atoms with Crippen LogP contribution in [0.2, 0.25) is 0 Å². The largest absolute Gasteiger partial charge is 0.508 e. The Morgan fingerprint density at radius 1 is 0.767 bits per heavy atom. The molecule has 1 aromatic rings. The van der Waals surface area contributed by atoms with Crippen molar-refractivity contribution >= 4 is 17.6 Å². The van der Waals surface area contributed by atoms with Crippen molar-refractivity contribution in [2.75, 3.05) is 13.2 Å². The summed E-state index contributed by atoms with van der Waals surface area (Å²) in [6.45, 7) is -1.99. The van der Waals surface area contributed by atoms with Crippen LogP contribution < -0.4 is 0 Å². The molecule has 0 bridgehead atoms. The molecule has 43 heavy (non-hydrogen) atoms. The predicted molar refractivity (Wildman–Crippen MR) is 139 cm³/mol. The lowest BCUT2D eigenvalue weighted by atomic mass is 9.69. The molecule has 16 nitrogen and oxygen atoms in total. The number of phenolic OH excluding ortho intramolecular Hbond substituents is 1. The first-order valence-corrected chi connectivity index (χ1v) is 13.0. The highest BCUT2D eigenvalue weighted by Crippen LogP contribution is 2.42. The first kappa shape index (κ1) is 32.6. The van der Waals surface area contributed by atoms with Gasteiger partial charge in [-0.2, -0.15) is 0 Å². The van der Waals surface area contributed by atoms with E-state index in [0.717, 1.165) is 6.08 Å². The molecule has 11 atom stereocenters. The lowest BCUT2D eigenvalue weighted by Gasteiger charge is -2.48. The number of ketones is 2. The molecule has 1 aliphatic carbocycles. The van der Waals surface area contributed by atoms with Gasteiger partial charge >= 0.3 is 0 Å². The Balaban J connectivity index is 1.92. The van der Waals surface area contributed by atoms with Crippen molar-refractivity contribution in [3.05, 3.63) is 58.6 Å². The number of ether oxygens (including phenoxy) is 2. The van der Waals surface area contributed by atoms with Crippen LogP contribution in [0.1, 0.15) is 5.56 Å². The molecule has 0 saturated carbocycles. The van der Waals surface area contributed by atoms with Crippen molar-refractivity contribution in [2.45, 2.75) is 66.6 Å². The summed E-state index contributed by atoms with van der Waals surface area (Å²) in [5.74, 6) is -6.12. The van der Waals surface area contributed by atoms with Crippen molar-refractivity contribution in [1.82, 2.24) is 0 Å². The molecule has 12 N–H and O–H groups in total. The molecule has 16 heteroatoms. The van der Waals surface area contributed by atoms with Crippen LogP contribution in [0.3, 0.4) is 0 Å². The van der Waals surface area contributed by atoms with E-state index >= 15 is 0 Å².